The van der Waals surface area contributed by atoms with Crippen LogP contribution in [0.2, 0.25) is 0 Å². The van der Waals surface area contributed by atoms with E-state index in [9.17, 15) is 14.4 Å². The number of rotatable bonds is 2. The van der Waals surface area contributed by atoms with Crippen molar-refractivity contribution in [1.29, 1.82) is 0 Å². The van der Waals surface area contributed by atoms with Crippen LogP contribution in [-0.2, 0) is 9.59 Å². The van der Waals surface area contributed by atoms with E-state index in [1.165, 1.54) is 4.90 Å². The number of piperidine rings is 1. The molecule has 3 heterocycles. The number of carbonyl (C=O) groups excluding carboxylic acids is 3. The molecule has 25 heavy (non-hydrogen) atoms. The van der Waals surface area contributed by atoms with Crippen LogP contribution in [-0.4, -0.2) is 64.4 Å². The molecule has 0 radical (unpaired) electrons. The Kier molecular flexibility index (Phi) is 4.29. The van der Waals surface area contributed by atoms with Crippen molar-refractivity contribution >= 4 is 28.8 Å². The normalized spacial score (nSPS) is 23.9. The quantitative estimate of drug-likeness (QED) is 0.794. The number of hydrogen-bond acceptors (Lipinski definition) is 6. The first-order valence-electron chi connectivity index (χ1n) is 8.29. The number of ether oxygens (including phenoxy) is 2. The highest BCUT2D eigenvalue weighted by atomic mass is 32.2. The molecule has 2 saturated heterocycles. The van der Waals surface area contributed by atoms with E-state index in [-0.39, 0.29) is 35.5 Å². The summed E-state index contributed by atoms with van der Waals surface area (Å²) in [6.07, 6.45) is 0.555. The highest BCUT2D eigenvalue weighted by Crippen LogP contribution is 2.32. The van der Waals surface area contributed by atoms with E-state index >= 15 is 0 Å². The maximum absolute atomic E-state index is 12.7. The standard InChI is InChI=1S/C17H18N2O5S/c20-15-10-25-17(22)19(15)11-5-7-18(8-6-11)16(21)14-9-23-12-3-1-2-4-13(12)24-14/h1-4,11,14H,5-10H2. The predicted octanol–water partition coefficient (Wildman–Crippen LogP) is 1.51. The first-order chi connectivity index (χ1) is 12.1. The van der Waals surface area contributed by atoms with Crippen molar-refractivity contribution in [1.82, 2.24) is 9.80 Å². The molecule has 4 rings (SSSR count). The molecule has 1 atom stereocenters. The van der Waals surface area contributed by atoms with Gasteiger partial charge in [-0.3, -0.25) is 19.3 Å². The molecule has 0 saturated carbocycles. The van der Waals surface area contributed by atoms with Crippen LogP contribution in [0, 0.1) is 0 Å². The Morgan fingerprint density at radius 1 is 1.12 bits per heavy atom. The minimum absolute atomic E-state index is 0.108. The molecule has 3 aliphatic heterocycles. The third-order valence-corrected chi connectivity index (χ3v) is 5.54. The zero-order valence-electron chi connectivity index (χ0n) is 13.6. The van der Waals surface area contributed by atoms with Gasteiger partial charge in [0, 0.05) is 19.1 Å². The first kappa shape index (κ1) is 16.3. The van der Waals surface area contributed by atoms with Gasteiger partial charge in [0.25, 0.3) is 11.1 Å². The van der Waals surface area contributed by atoms with Gasteiger partial charge in [0.1, 0.15) is 6.61 Å². The fourth-order valence-electron chi connectivity index (χ4n) is 3.41. The van der Waals surface area contributed by atoms with Gasteiger partial charge in [0.05, 0.1) is 5.75 Å². The van der Waals surface area contributed by atoms with Gasteiger partial charge in [-0.05, 0) is 25.0 Å². The number of para-hydroxylation sites is 2. The van der Waals surface area contributed by atoms with Crippen molar-refractivity contribution < 1.29 is 23.9 Å². The van der Waals surface area contributed by atoms with Gasteiger partial charge >= 0.3 is 0 Å². The third-order valence-electron chi connectivity index (χ3n) is 4.71. The summed E-state index contributed by atoms with van der Waals surface area (Å²) in [6, 6.07) is 7.17. The van der Waals surface area contributed by atoms with Crippen molar-refractivity contribution in [2.24, 2.45) is 0 Å². The molecule has 8 heteroatoms. The number of benzene rings is 1. The highest BCUT2D eigenvalue weighted by Gasteiger charge is 2.39. The lowest BCUT2D eigenvalue weighted by Crippen LogP contribution is -2.52. The van der Waals surface area contributed by atoms with Gasteiger partial charge in [-0.15, -0.1) is 0 Å². The van der Waals surface area contributed by atoms with Crippen LogP contribution in [0.3, 0.4) is 0 Å². The lowest BCUT2D eigenvalue weighted by molar-refractivity contribution is -0.142. The molecule has 2 fully saturated rings. The van der Waals surface area contributed by atoms with Crippen LogP contribution in [0.4, 0.5) is 4.79 Å². The van der Waals surface area contributed by atoms with Gasteiger partial charge in [-0.2, -0.15) is 0 Å². The van der Waals surface area contributed by atoms with Crippen LogP contribution in [0.15, 0.2) is 24.3 Å². The molecule has 7 nitrogen and oxygen atoms in total. The number of fused-ring (bicyclic) bond motifs is 1. The molecule has 0 spiro atoms. The molecule has 0 aromatic heterocycles. The van der Waals surface area contributed by atoms with Crippen LogP contribution in [0.1, 0.15) is 12.8 Å². The summed E-state index contributed by atoms with van der Waals surface area (Å²) < 4.78 is 11.4. The van der Waals surface area contributed by atoms with E-state index < -0.39 is 6.10 Å². The topological polar surface area (TPSA) is 76.2 Å². The zero-order chi connectivity index (χ0) is 17.4. The van der Waals surface area contributed by atoms with E-state index in [1.807, 2.05) is 18.2 Å². The van der Waals surface area contributed by atoms with E-state index in [0.717, 1.165) is 11.8 Å². The largest absolute Gasteiger partial charge is 0.485 e. The van der Waals surface area contributed by atoms with Gasteiger partial charge < -0.3 is 14.4 Å². The molecule has 0 aliphatic carbocycles. The number of hydrogen-bond donors (Lipinski definition) is 0. The highest BCUT2D eigenvalue weighted by molar-refractivity contribution is 8.14. The fourth-order valence-corrected chi connectivity index (χ4v) is 4.18. The molecule has 0 bridgehead atoms. The van der Waals surface area contributed by atoms with Gasteiger partial charge in [0.15, 0.2) is 11.5 Å². The Balaban J connectivity index is 1.36. The second kappa shape index (κ2) is 6.59. The van der Waals surface area contributed by atoms with Gasteiger partial charge in [0.2, 0.25) is 12.0 Å². The minimum atomic E-state index is -0.656. The molecular formula is C17H18N2O5S. The summed E-state index contributed by atoms with van der Waals surface area (Å²) in [7, 11) is 0. The first-order valence-corrected chi connectivity index (χ1v) is 9.28. The monoisotopic (exact) mass is 362 g/mol. The predicted molar refractivity (Wildman–Crippen MR) is 90.7 cm³/mol. The van der Waals surface area contributed by atoms with Crippen LogP contribution < -0.4 is 9.47 Å². The zero-order valence-corrected chi connectivity index (χ0v) is 14.4. The molecule has 1 aromatic carbocycles. The van der Waals surface area contributed by atoms with Crippen molar-refractivity contribution in [3.63, 3.8) is 0 Å². The number of nitrogens with zero attached hydrogens (tertiary/aromatic N) is 2. The summed E-state index contributed by atoms with van der Waals surface area (Å²) in [5.41, 5.74) is 0. The van der Waals surface area contributed by atoms with Gasteiger partial charge in [-0.25, -0.2) is 0 Å². The Morgan fingerprint density at radius 3 is 2.52 bits per heavy atom. The van der Waals surface area contributed by atoms with Crippen molar-refractivity contribution in [3.8, 4) is 11.5 Å². The molecule has 3 amide bonds. The molecule has 132 valence electrons. The molecule has 0 N–H and O–H groups in total. The Morgan fingerprint density at radius 2 is 1.84 bits per heavy atom. The molecule has 3 aliphatic rings. The average Bonchev–Trinajstić information content (AvgIpc) is 2.99. The maximum Gasteiger partial charge on any atom is 0.289 e. The second-order valence-corrected chi connectivity index (χ2v) is 7.17. The number of carbonyl (C=O) groups is 3. The molecular weight excluding hydrogens is 344 g/mol. The third kappa shape index (κ3) is 3.06. The van der Waals surface area contributed by atoms with Crippen molar-refractivity contribution in [2.75, 3.05) is 25.4 Å². The maximum atomic E-state index is 12.7. The molecule has 1 unspecified atom stereocenters. The van der Waals surface area contributed by atoms with Crippen molar-refractivity contribution in [3.05, 3.63) is 24.3 Å². The smallest absolute Gasteiger partial charge is 0.289 e. The number of amides is 3. The summed E-state index contributed by atoms with van der Waals surface area (Å²) in [5.74, 6) is 1.22. The lowest BCUT2D eigenvalue weighted by Gasteiger charge is -2.37. The number of imide groups is 1. The summed E-state index contributed by atoms with van der Waals surface area (Å²) in [5, 5.41) is -0.171. The van der Waals surface area contributed by atoms with E-state index in [1.54, 1.807) is 11.0 Å². The molecule has 1 aromatic rings. The Labute approximate surface area is 149 Å². The lowest BCUT2D eigenvalue weighted by atomic mass is 10.0. The summed E-state index contributed by atoms with van der Waals surface area (Å²) >= 11 is 1.05. The number of thioether (sulfide) groups is 1. The van der Waals surface area contributed by atoms with Crippen molar-refractivity contribution in [2.45, 2.75) is 25.0 Å². The van der Waals surface area contributed by atoms with Crippen LogP contribution >= 0.6 is 11.8 Å². The number of likely N-dealkylation sites (tertiary alicyclic amines) is 1. The summed E-state index contributed by atoms with van der Waals surface area (Å²) in [4.78, 5) is 39.4. The van der Waals surface area contributed by atoms with Gasteiger partial charge in [-0.1, -0.05) is 23.9 Å². The van der Waals surface area contributed by atoms with E-state index in [2.05, 4.69) is 0 Å². The average molecular weight is 362 g/mol. The Bertz CT molecular complexity index is 701. The Hall–Kier alpha value is -2.22. The second-order valence-electron chi connectivity index (χ2n) is 6.24. The SMILES string of the molecule is O=C(C1COc2ccccc2O1)N1CCC(N2C(=O)CSC2=O)CC1. The fraction of sp³-hybridized carbons (Fsp3) is 0.471. The van der Waals surface area contributed by atoms with E-state index in [0.29, 0.717) is 37.4 Å². The summed E-state index contributed by atoms with van der Waals surface area (Å²) in [6.45, 7) is 1.20. The minimum Gasteiger partial charge on any atom is -0.485 e. The van der Waals surface area contributed by atoms with Crippen LogP contribution in [0.25, 0.3) is 0 Å². The van der Waals surface area contributed by atoms with Crippen LogP contribution in [0.5, 0.6) is 11.5 Å². The van der Waals surface area contributed by atoms with E-state index in [4.69, 9.17) is 9.47 Å².